The molecular formula is C17H26N2O3. The first-order chi connectivity index (χ1) is 10.7. The maximum atomic E-state index is 12.4. The van der Waals surface area contributed by atoms with Gasteiger partial charge in [-0.1, -0.05) is 0 Å². The van der Waals surface area contributed by atoms with Crippen molar-refractivity contribution in [2.45, 2.75) is 45.6 Å². The Morgan fingerprint density at radius 1 is 1.41 bits per heavy atom. The van der Waals surface area contributed by atoms with Crippen molar-refractivity contribution in [2.75, 3.05) is 25.1 Å². The molecule has 122 valence electrons. The van der Waals surface area contributed by atoms with Gasteiger partial charge in [-0.15, -0.1) is 0 Å². The maximum Gasteiger partial charge on any atom is 0.322 e. The summed E-state index contributed by atoms with van der Waals surface area (Å²) in [6.45, 7) is 5.44. The summed E-state index contributed by atoms with van der Waals surface area (Å²) in [4.78, 5) is 14.3. The van der Waals surface area contributed by atoms with Crippen molar-refractivity contribution in [1.82, 2.24) is 4.90 Å². The number of nitrogens with one attached hydrogen (secondary N) is 1. The fourth-order valence-electron chi connectivity index (χ4n) is 2.47. The number of aryl methyl sites for hydroxylation is 1. The Kier molecular flexibility index (Phi) is 6.07. The highest BCUT2D eigenvalue weighted by molar-refractivity contribution is 5.90. The summed E-state index contributed by atoms with van der Waals surface area (Å²) < 4.78 is 5.51. The number of hydrogen-bond acceptors (Lipinski definition) is 3. The van der Waals surface area contributed by atoms with Crippen LogP contribution in [0.25, 0.3) is 0 Å². The summed E-state index contributed by atoms with van der Waals surface area (Å²) >= 11 is 0. The Hall–Kier alpha value is -1.75. The van der Waals surface area contributed by atoms with E-state index >= 15 is 0 Å². The maximum absolute atomic E-state index is 12.4. The SMILES string of the molecule is CCOc1ccc(NC(=O)N(CCCCO)C2CC2)cc1C. The van der Waals surface area contributed by atoms with Crippen LogP contribution in [0.4, 0.5) is 10.5 Å². The van der Waals surface area contributed by atoms with Gasteiger partial charge in [0.05, 0.1) is 6.61 Å². The molecule has 2 N–H and O–H groups in total. The van der Waals surface area contributed by atoms with E-state index < -0.39 is 0 Å². The molecule has 1 aliphatic carbocycles. The predicted octanol–water partition coefficient (Wildman–Crippen LogP) is 3.16. The molecule has 0 saturated heterocycles. The van der Waals surface area contributed by atoms with Crippen LogP contribution in [0.1, 0.15) is 38.2 Å². The fourth-order valence-corrected chi connectivity index (χ4v) is 2.47. The zero-order valence-electron chi connectivity index (χ0n) is 13.5. The third-order valence-electron chi connectivity index (χ3n) is 3.78. The van der Waals surface area contributed by atoms with E-state index in [0.717, 1.165) is 42.7 Å². The van der Waals surface area contributed by atoms with Gasteiger partial charge in [0, 0.05) is 24.9 Å². The molecule has 0 unspecified atom stereocenters. The van der Waals surface area contributed by atoms with Gasteiger partial charge in [-0.25, -0.2) is 4.79 Å². The van der Waals surface area contributed by atoms with Crippen molar-refractivity contribution in [3.8, 4) is 5.75 Å². The molecule has 2 rings (SSSR count). The predicted molar refractivity (Wildman–Crippen MR) is 87.4 cm³/mol. The summed E-state index contributed by atoms with van der Waals surface area (Å²) in [5, 5.41) is 11.8. The van der Waals surface area contributed by atoms with E-state index in [1.54, 1.807) is 0 Å². The number of aliphatic hydroxyl groups excluding tert-OH is 1. The van der Waals surface area contributed by atoms with Crippen molar-refractivity contribution in [3.63, 3.8) is 0 Å². The number of benzene rings is 1. The minimum absolute atomic E-state index is 0.0519. The highest BCUT2D eigenvalue weighted by Gasteiger charge is 2.32. The molecule has 0 aromatic heterocycles. The molecule has 5 heteroatoms. The first-order valence-corrected chi connectivity index (χ1v) is 8.07. The van der Waals surface area contributed by atoms with Crippen LogP contribution in [-0.4, -0.2) is 41.8 Å². The van der Waals surface area contributed by atoms with Crippen LogP contribution in [0.15, 0.2) is 18.2 Å². The Balaban J connectivity index is 1.95. The summed E-state index contributed by atoms with van der Waals surface area (Å²) in [6, 6.07) is 6.00. The van der Waals surface area contributed by atoms with Crippen LogP contribution in [0.5, 0.6) is 5.75 Å². The molecule has 0 radical (unpaired) electrons. The lowest BCUT2D eigenvalue weighted by atomic mass is 10.2. The van der Waals surface area contributed by atoms with Crippen LogP contribution in [0, 0.1) is 6.92 Å². The molecule has 1 saturated carbocycles. The number of hydrogen-bond donors (Lipinski definition) is 2. The number of ether oxygens (including phenoxy) is 1. The monoisotopic (exact) mass is 306 g/mol. The van der Waals surface area contributed by atoms with Crippen LogP contribution in [0.2, 0.25) is 0 Å². The Bertz CT molecular complexity index is 501. The number of carbonyl (C=O) groups excluding carboxylic acids is 1. The van der Waals surface area contributed by atoms with E-state index in [0.29, 0.717) is 19.2 Å². The van der Waals surface area contributed by atoms with E-state index in [2.05, 4.69) is 5.32 Å². The van der Waals surface area contributed by atoms with Gasteiger partial charge in [-0.05, 0) is 63.3 Å². The number of nitrogens with zero attached hydrogens (tertiary/aromatic N) is 1. The van der Waals surface area contributed by atoms with Crippen molar-refractivity contribution in [1.29, 1.82) is 0 Å². The number of rotatable bonds is 8. The van der Waals surface area contributed by atoms with E-state index in [1.807, 2.05) is 36.9 Å². The normalized spacial score (nSPS) is 13.8. The van der Waals surface area contributed by atoms with Crippen molar-refractivity contribution < 1.29 is 14.6 Å². The first-order valence-electron chi connectivity index (χ1n) is 8.07. The molecule has 0 atom stereocenters. The molecule has 1 aliphatic rings. The second-order valence-corrected chi connectivity index (χ2v) is 5.70. The molecule has 1 aromatic carbocycles. The van der Waals surface area contributed by atoms with Gasteiger partial charge in [0.1, 0.15) is 5.75 Å². The second-order valence-electron chi connectivity index (χ2n) is 5.70. The van der Waals surface area contributed by atoms with E-state index in [-0.39, 0.29) is 12.6 Å². The van der Waals surface area contributed by atoms with Crippen LogP contribution in [-0.2, 0) is 0 Å². The lowest BCUT2D eigenvalue weighted by Crippen LogP contribution is -2.37. The van der Waals surface area contributed by atoms with E-state index in [4.69, 9.17) is 9.84 Å². The highest BCUT2D eigenvalue weighted by atomic mass is 16.5. The van der Waals surface area contributed by atoms with Gasteiger partial charge in [0.2, 0.25) is 0 Å². The van der Waals surface area contributed by atoms with Crippen molar-refractivity contribution in [3.05, 3.63) is 23.8 Å². The third-order valence-corrected chi connectivity index (χ3v) is 3.78. The van der Waals surface area contributed by atoms with Gasteiger partial charge < -0.3 is 20.1 Å². The standard InChI is InChI=1S/C17H26N2O3/c1-3-22-16-9-6-14(12-13(16)2)18-17(21)19(15-7-8-15)10-4-5-11-20/h6,9,12,15,20H,3-5,7-8,10-11H2,1-2H3,(H,18,21). The Labute approximate surface area is 132 Å². The minimum Gasteiger partial charge on any atom is -0.494 e. The van der Waals surface area contributed by atoms with Crippen LogP contribution < -0.4 is 10.1 Å². The number of aliphatic hydroxyl groups is 1. The highest BCUT2D eigenvalue weighted by Crippen LogP contribution is 2.28. The molecule has 1 fully saturated rings. The van der Waals surface area contributed by atoms with Gasteiger partial charge in [0.15, 0.2) is 0 Å². The largest absolute Gasteiger partial charge is 0.494 e. The van der Waals surface area contributed by atoms with Crippen molar-refractivity contribution >= 4 is 11.7 Å². The van der Waals surface area contributed by atoms with Crippen LogP contribution in [0.3, 0.4) is 0 Å². The van der Waals surface area contributed by atoms with Crippen LogP contribution >= 0.6 is 0 Å². The average molecular weight is 306 g/mol. The molecule has 0 heterocycles. The molecule has 5 nitrogen and oxygen atoms in total. The summed E-state index contributed by atoms with van der Waals surface area (Å²) in [7, 11) is 0. The lowest BCUT2D eigenvalue weighted by molar-refractivity contribution is 0.204. The zero-order chi connectivity index (χ0) is 15.9. The van der Waals surface area contributed by atoms with Gasteiger partial charge in [0.25, 0.3) is 0 Å². The Morgan fingerprint density at radius 3 is 2.77 bits per heavy atom. The zero-order valence-corrected chi connectivity index (χ0v) is 13.5. The molecule has 22 heavy (non-hydrogen) atoms. The van der Waals surface area contributed by atoms with Gasteiger partial charge in [-0.3, -0.25) is 0 Å². The smallest absolute Gasteiger partial charge is 0.322 e. The molecule has 0 bridgehead atoms. The summed E-state index contributed by atoms with van der Waals surface area (Å²) in [5.41, 5.74) is 1.80. The number of amides is 2. The van der Waals surface area contributed by atoms with Crippen molar-refractivity contribution in [2.24, 2.45) is 0 Å². The van der Waals surface area contributed by atoms with Gasteiger partial charge >= 0.3 is 6.03 Å². The average Bonchev–Trinajstić information content (AvgIpc) is 3.31. The Morgan fingerprint density at radius 2 is 2.18 bits per heavy atom. The molecule has 1 aromatic rings. The van der Waals surface area contributed by atoms with Gasteiger partial charge in [-0.2, -0.15) is 0 Å². The molecular weight excluding hydrogens is 280 g/mol. The van der Waals surface area contributed by atoms with E-state index in [9.17, 15) is 4.79 Å². The number of urea groups is 1. The fraction of sp³-hybridized carbons (Fsp3) is 0.588. The summed E-state index contributed by atoms with van der Waals surface area (Å²) in [5.74, 6) is 0.850. The molecule has 0 spiro atoms. The number of anilines is 1. The number of unbranched alkanes of at least 4 members (excludes halogenated alkanes) is 1. The lowest BCUT2D eigenvalue weighted by Gasteiger charge is -2.23. The first kappa shape index (κ1) is 16.6. The van der Waals surface area contributed by atoms with E-state index in [1.165, 1.54) is 0 Å². The summed E-state index contributed by atoms with van der Waals surface area (Å²) in [6.07, 6.45) is 3.73. The topological polar surface area (TPSA) is 61.8 Å². The molecule has 0 aliphatic heterocycles. The second kappa shape index (κ2) is 8.03. The number of carbonyl (C=O) groups is 1. The quantitative estimate of drug-likeness (QED) is 0.725. The third kappa shape index (κ3) is 4.63. The molecule has 2 amide bonds. The minimum atomic E-state index is -0.0519.